The van der Waals surface area contributed by atoms with Crippen molar-refractivity contribution < 1.29 is 23.1 Å². The summed E-state index contributed by atoms with van der Waals surface area (Å²) in [5, 5.41) is 13.1. The molecule has 110 valence electrons. The van der Waals surface area contributed by atoms with Crippen molar-refractivity contribution in [1.82, 2.24) is 5.32 Å². The van der Waals surface area contributed by atoms with Crippen LogP contribution in [0.15, 0.2) is 16.3 Å². The number of thiophene rings is 1. The molecule has 0 bridgehead atoms. The van der Waals surface area contributed by atoms with E-state index in [2.05, 4.69) is 5.32 Å². The van der Waals surface area contributed by atoms with Crippen molar-refractivity contribution in [2.24, 2.45) is 0 Å². The molecule has 1 fully saturated rings. The molecule has 0 saturated carbocycles. The quantitative estimate of drug-likeness (QED) is 0.774. The molecule has 1 unspecified atom stereocenters. The first-order valence-electron chi connectivity index (χ1n) is 5.80. The van der Waals surface area contributed by atoms with E-state index in [1.54, 1.807) is 5.38 Å². The van der Waals surface area contributed by atoms with Crippen LogP contribution in [0.5, 0.6) is 0 Å². The topological polar surface area (TPSA) is 101 Å². The predicted octanol–water partition coefficient (Wildman–Crippen LogP) is 0.842. The van der Waals surface area contributed by atoms with E-state index in [0.717, 1.165) is 16.2 Å². The fraction of sp³-hybridized carbons (Fsp3) is 0.455. The molecule has 20 heavy (non-hydrogen) atoms. The highest BCUT2D eigenvalue weighted by atomic mass is 32.2. The van der Waals surface area contributed by atoms with Crippen LogP contribution in [0.3, 0.4) is 0 Å². The van der Waals surface area contributed by atoms with E-state index in [1.165, 1.54) is 17.8 Å². The minimum atomic E-state index is -3.00. The van der Waals surface area contributed by atoms with E-state index in [4.69, 9.17) is 5.11 Å². The second kappa shape index (κ2) is 6.15. The number of nitrogens with one attached hydrogen (secondary N) is 1. The number of thioether (sulfide) groups is 1. The molecule has 0 aromatic carbocycles. The van der Waals surface area contributed by atoms with Crippen LogP contribution >= 0.6 is 23.1 Å². The van der Waals surface area contributed by atoms with Crippen molar-refractivity contribution in [2.75, 3.05) is 17.3 Å². The number of hydrogen-bond donors (Lipinski definition) is 2. The molecule has 1 atom stereocenters. The first-order chi connectivity index (χ1) is 9.35. The summed E-state index contributed by atoms with van der Waals surface area (Å²) in [6, 6.07) is 1.22. The normalized spacial score (nSPS) is 20.7. The van der Waals surface area contributed by atoms with Crippen molar-refractivity contribution >= 4 is 44.8 Å². The lowest BCUT2D eigenvalue weighted by atomic mass is 10.3. The fourth-order valence-corrected chi connectivity index (χ4v) is 5.19. The van der Waals surface area contributed by atoms with Gasteiger partial charge in [-0.15, -0.1) is 23.1 Å². The van der Waals surface area contributed by atoms with Crippen molar-refractivity contribution in [2.45, 2.75) is 17.4 Å². The lowest BCUT2D eigenvalue weighted by molar-refractivity contribution is -0.119. The average Bonchev–Trinajstić information content (AvgIpc) is 2.93. The summed E-state index contributed by atoms with van der Waals surface area (Å²) in [5.74, 6) is -0.947. The van der Waals surface area contributed by atoms with Gasteiger partial charge >= 0.3 is 5.97 Å². The van der Waals surface area contributed by atoms with E-state index in [9.17, 15) is 18.0 Å². The summed E-state index contributed by atoms with van der Waals surface area (Å²) in [5.41, 5.74) is 0. The molecule has 1 aliphatic rings. The molecule has 2 N–H and O–H groups in total. The number of hydrogen-bond acceptors (Lipinski definition) is 6. The lowest BCUT2D eigenvalue weighted by Gasteiger charge is -2.09. The third-order valence-electron chi connectivity index (χ3n) is 2.75. The van der Waals surface area contributed by atoms with Crippen LogP contribution < -0.4 is 5.32 Å². The molecular formula is C11H13NO5S3. The first kappa shape index (κ1) is 15.3. The summed E-state index contributed by atoms with van der Waals surface area (Å²) in [6.45, 7) is 0. The van der Waals surface area contributed by atoms with E-state index in [0.29, 0.717) is 6.42 Å². The Morgan fingerprint density at radius 1 is 1.50 bits per heavy atom. The van der Waals surface area contributed by atoms with Crippen molar-refractivity contribution in [1.29, 1.82) is 0 Å². The van der Waals surface area contributed by atoms with Crippen LogP contribution in [0.2, 0.25) is 0 Å². The fourth-order valence-electron chi connectivity index (χ4n) is 1.83. The van der Waals surface area contributed by atoms with Crippen LogP contribution in [0, 0.1) is 0 Å². The van der Waals surface area contributed by atoms with Crippen LogP contribution in [0.25, 0.3) is 0 Å². The number of aromatic carboxylic acids is 1. The summed E-state index contributed by atoms with van der Waals surface area (Å²) in [4.78, 5) is 23.3. The van der Waals surface area contributed by atoms with Gasteiger partial charge in [0, 0.05) is 16.3 Å². The minimum Gasteiger partial charge on any atom is -0.477 e. The molecule has 2 heterocycles. The minimum absolute atomic E-state index is 0.00498. The third kappa shape index (κ3) is 4.22. The van der Waals surface area contributed by atoms with Gasteiger partial charge in [0.2, 0.25) is 5.91 Å². The van der Waals surface area contributed by atoms with Crippen LogP contribution in [-0.2, 0) is 14.6 Å². The largest absolute Gasteiger partial charge is 0.477 e. The average molecular weight is 335 g/mol. The maximum atomic E-state index is 11.7. The van der Waals surface area contributed by atoms with Crippen molar-refractivity contribution in [3.63, 3.8) is 0 Å². The molecule has 1 amide bonds. The maximum Gasteiger partial charge on any atom is 0.345 e. The first-order valence-corrected chi connectivity index (χ1v) is 9.49. The summed E-state index contributed by atoms with van der Waals surface area (Å²) in [7, 11) is -3.00. The SMILES string of the molecule is O=C(CSc1csc(C(=O)O)c1)NC1CCS(=O)(=O)C1. The van der Waals surface area contributed by atoms with Gasteiger partial charge in [0.1, 0.15) is 4.88 Å². The lowest BCUT2D eigenvalue weighted by Crippen LogP contribution is -2.36. The Kier molecular flexibility index (Phi) is 4.71. The highest BCUT2D eigenvalue weighted by molar-refractivity contribution is 8.00. The number of carboxylic acids is 1. The van der Waals surface area contributed by atoms with Gasteiger partial charge in [-0.3, -0.25) is 4.79 Å². The number of carboxylic acid groups (broad SMARTS) is 1. The monoisotopic (exact) mass is 335 g/mol. The number of rotatable bonds is 5. The van der Waals surface area contributed by atoms with Crippen molar-refractivity contribution in [3.8, 4) is 0 Å². The van der Waals surface area contributed by atoms with Gasteiger partial charge in [-0.2, -0.15) is 0 Å². The highest BCUT2D eigenvalue weighted by Crippen LogP contribution is 2.24. The molecule has 9 heteroatoms. The van der Waals surface area contributed by atoms with Gasteiger partial charge in [0.25, 0.3) is 0 Å². The Hall–Kier alpha value is -1.06. The standard InChI is InChI=1S/C11H13NO5S3/c13-10(12-7-1-2-20(16,17)6-7)5-18-8-3-9(11(14)15)19-4-8/h3-4,7H,1-2,5-6H2,(H,12,13)(H,14,15). The molecule has 1 aliphatic heterocycles. The Morgan fingerprint density at radius 3 is 2.80 bits per heavy atom. The van der Waals surface area contributed by atoms with Gasteiger partial charge in [0.05, 0.1) is 17.3 Å². The Labute approximate surface area is 124 Å². The zero-order valence-electron chi connectivity index (χ0n) is 10.4. The van der Waals surface area contributed by atoms with E-state index in [1.807, 2.05) is 0 Å². The Bertz CT molecular complexity index is 622. The van der Waals surface area contributed by atoms with Crippen LogP contribution in [0.1, 0.15) is 16.1 Å². The Balaban J connectivity index is 1.79. The van der Waals surface area contributed by atoms with Gasteiger partial charge in [-0.05, 0) is 12.5 Å². The molecule has 1 aromatic heterocycles. The molecule has 1 aromatic rings. The predicted molar refractivity (Wildman–Crippen MR) is 77.2 cm³/mol. The second-order valence-electron chi connectivity index (χ2n) is 4.41. The summed E-state index contributed by atoms with van der Waals surface area (Å²) in [6.07, 6.45) is 0.459. The Morgan fingerprint density at radius 2 is 2.25 bits per heavy atom. The molecule has 1 saturated heterocycles. The molecule has 0 radical (unpaired) electrons. The van der Waals surface area contributed by atoms with Gasteiger partial charge in [0.15, 0.2) is 9.84 Å². The zero-order valence-corrected chi connectivity index (χ0v) is 12.8. The molecular weight excluding hydrogens is 322 g/mol. The van der Waals surface area contributed by atoms with Crippen molar-refractivity contribution in [3.05, 3.63) is 16.3 Å². The summed E-state index contributed by atoms with van der Waals surface area (Å²) >= 11 is 2.35. The van der Waals surface area contributed by atoms with Gasteiger partial charge in [-0.1, -0.05) is 0 Å². The second-order valence-corrected chi connectivity index (χ2v) is 8.60. The van der Waals surface area contributed by atoms with E-state index < -0.39 is 15.8 Å². The molecule has 2 rings (SSSR count). The number of carbonyl (C=O) groups excluding carboxylic acids is 1. The molecule has 0 spiro atoms. The molecule has 6 nitrogen and oxygen atoms in total. The maximum absolute atomic E-state index is 11.7. The number of sulfone groups is 1. The third-order valence-corrected chi connectivity index (χ3v) is 6.56. The van der Waals surface area contributed by atoms with E-state index >= 15 is 0 Å². The van der Waals surface area contributed by atoms with E-state index in [-0.39, 0.29) is 34.1 Å². The zero-order chi connectivity index (χ0) is 14.8. The van der Waals surface area contributed by atoms with Gasteiger partial charge in [-0.25, -0.2) is 13.2 Å². The van der Waals surface area contributed by atoms with Gasteiger partial charge < -0.3 is 10.4 Å². The highest BCUT2D eigenvalue weighted by Gasteiger charge is 2.28. The molecule has 0 aliphatic carbocycles. The number of amides is 1. The number of carbonyl (C=O) groups is 2. The van der Waals surface area contributed by atoms with Crippen LogP contribution in [-0.4, -0.2) is 48.7 Å². The summed E-state index contributed by atoms with van der Waals surface area (Å²) < 4.78 is 22.5. The smallest absolute Gasteiger partial charge is 0.345 e. The van der Waals surface area contributed by atoms with Crippen LogP contribution in [0.4, 0.5) is 0 Å².